The second-order valence-electron chi connectivity index (χ2n) is 4.46. The third kappa shape index (κ3) is 4.49. The quantitative estimate of drug-likeness (QED) is 0.550. The Morgan fingerprint density at radius 2 is 2.00 bits per heavy atom. The lowest BCUT2D eigenvalue weighted by Crippen LogP contribution is -2.13. The number of nitrogens with zero attached hydrogens (tertiary/aromatic N) is 1. The monoisotopic (exact) mass is 410 g/mol. The average Bonchev–Trinajstić information content (AvgIpc) is 2.51. The Morgan fingerprint density at radius 3 is 2.61 bits per heavy atom. The van der Waals surface area contributed by atoms with Gasteiger partial charge in [-0.05, 0) is 57.9 Å². The van der Waals surface area contributed by atoms with Crippen LogP contribution in [0, 0.1) is 11.3 Å². The molecule has 1 amide bonds. The maximum atomic E-state index is 12.2. The predicted molar refractivity (Wildman–Crippen MR) is 94.5 cm³/mol. The number of nitrogens with one attached hydrogen (secondary N) is 1. The van der Waals surface area contributed by atoms with Gasteiger partial charge in [0.2, 0.25) is 0 Å². The van der Waals surface area contributed by atoms with Crippen molar-refractivity contribution < 1.29 is 9.90 Å². The summed E-state index contributed by atoms with van der Waals surface area (Å²) < 4.78 is 0.463. The number of amides is 1. The molecule has 7 heteroatoms. The van der Waals surface area contributed by atoms with E-state index in [1.54, 1.807) is 24.3 Å². The minimum absolute atomic E-state index is 0.0676. The van der Waals surface area contributed by atoms with Crippen molar-refractivity contribution in [3.05, 3.63) is 62.1 Å². The number of hydrogen-bond acceptors (Lipinski definition) is 3. The Hall–Kier alpha value is -2.00. The number of aromatic hydroxyl groups is 1. The number of phenolic OH excluding ortho intramolecular Hbond substituents is 1. The molecule has 0 aliphatic heterocycles. The van der Waals surface area contributed by atoms with E-state index >= 15 is 0 Å². The minimum atomic E-state index is -0.596. The van der Waals surface area contributed by atoms with Crippen molar-refractivity contribution in [2.45, 2.75) is 0 Å². The summed E-state index contributed by atoms with van der Waals surface area (Å²) in [5, 5.41) is 21.9. The number of carbonyl (C=O) groups is 1. The van der Waals surface area contributed by atoms with Gasteiger partial charge in [-0.1, -0.05) is 29.3 Å². The molecule has 0 bridgehead atoms. The summed E-state index contributed by atoms with van der Waals surface area (Å²) in [6.07, 6.45) is 1.41. The number of halogens is 3. The molecule has 116 valence electrons. The van der Waals surface area contributed by atoms with Gasteiger partial charge in [-0.3, -0.25) is 4.79 Å². The van der Waals surface area contributed by atoms with Crippen molar-refractivity contribution in [1.82, 2.24) is 0 Å². The van der Waals surface area contributed by atoms with E-state index in [0.717, 1.165) is 0 Å². The van der Waals surface area contributed by atoms with Crippen molar-refractivity contribution >= 4 is 56.8 Å². The summed E-state index contributed by atoms with van der Waals surface area (Å²) in [6.45, 7) is 0. The van der Waals surface area contributed by atoms with Crippen LogP contribution >= 0.6 is 39.1 Å². The molecule has 2 N–H and O–H groups in total. The Balaban J connectivity index is 2.26. The summed E-state index contributed by atoms with van der Waals surface area (Å²) in [4.78, 5) is 12.2. The Morgan fingerprint density at radius 1 is 1.26 bits per heavy atom. The van der Waals surface area contributed by atoms with Crippen LogP contribution in [0.25, 0.3) is 6.08 Å². The summed E-state index contributed by atoms with van der Waals surface area (Å²) in [7, 11) is 0. The second kappa shape index (κ2) is 7.51. The minimum Gasteiger partial charge on any atom is -0.507 e. The smallest absolute Gasteiger partial charge is 0.266 e. The molecule has 0 radical (unpaired) electrons. The molecule has 0 unspecified atom stereocenters. The van der Waals surface area contributed by atoms with E-state index in [4.69, 9.17) is 23.2 Å². The molecule has 2 aromatic carbocycles. The molecule has 4 nitrogen and oxygen atoms in total. The average molecular weight is 412 g/mol. The van der Waals surface area contributed by atoms with Crippen LogP contribution in [-0.4, -0.2) is 11.0 Å². The molecule has 0 aliphatic rings. The number of carbonyl (C=O) groups excluding carboxylic acids is 1. The van der Waals surface area contributed by atoms with Gasteiger partial charge in [-0.15, -0.1) is 0 Å². The predicted octanol–water partition coefficient (Wildman–Crippen LogP) is 5.01. The van der Waals surface area contributed by atoms with Crippen LogP contribution in [0.1, 0.15) is 5.56 Å². The van der Waals surface area contributed by atoms with Gasteiger partial charge in [0.25, 0.3) is 5.91 Å². The largest absolute Gasteiger partial charge is 0.507 e. The zero-order valence-electron chi connectivity index (χ0n) is 11.5. The SMILES string of the molecule is N#C/C(=C\c1ccc(O)c(Br)c1)C(=O)Nc1ccc(Cl)cc1Cl. The zero-order chi connectivity index (χ0) is 17.0. The number of benzene rings is 2. The highest BCUT2D eigenvalue weighted by molar-refractivity contribution is 9.10. The van der Waals surface area contributed by atoms with Crippen LogP contribution in [0.5, 0.6) is 5.75 Å². The van der Waals surface area contributed by atoms with Gasteiger partial charge >= 0.3 is 0 Å². The lowest BCUT2D eigenvalue weighted by atomic mass is 10.1. The van der Waals surface area contributed by atoms with Crippen LogP contribution in [0.15, 0.2) is 46.4 Å². The topological polar surface area (TPSA) is 73.1 Å². The fourth-order valence-electron chi connectivity index (χ4n) is 1.71. The first-order chi connectivity index (χ1) is 10.9. The zero-order valence-corrected chi connectivity index (χ0v) is 14.6. The molecule has 2 rings (SSSR count). The number of phenols is 1. The standard InChI is InChI=1S/C16H9BrCl2N2O2/c17-12-6-9(1-4-15(12)22)5-10(8-20)16(23)21-14-3-2-11(18)7-13(14)19/h1-7,22H,(H,21,23)/b10-5+. The molecular formula is C16H9BrCl2N2O2. The number of hydrogen-bond donors (Lipinski definition) is 2. The van der Waals surface area contributed by atoms with E-state index < -0.39 is 5.91 Å². The van der Waals surface area contributed by atoms with E-state index in [9.17, 15) is 15.2 Å². The van der Waals surface area contributed by atoms with E-state index in [1.807, 2.05) is 6.07 Å². The van der Waals surface area contributed by atoms with Crippen LogP contribution in [0.3, 0.4) is 0 Å². The van der Waals surface area contributed by atoms with Crippen molar-refractivity contribution in [3.8, 4) is 11.8 Å². The van der Waals surface area contributed by atoms with Gasteiger partial charge in [-0.2, -0.15) is 5.26 Å². The molecule has 0 fully saturated rings. The fourth-order valence-corrected chi connectivity index (χ4v) is 2.56. The van der Waals surface area contributed by atoms with Crippen molar-refractivity contribution in [1.29, 1.82) is 5.26 Å². The maximum absolute atomic E-state index is 12.2. The number of rotatable bonds is 3. The van der Waals surface area contributed by atoms with E-state index in [0.29, 0.717) is 20.7 Å². The normalized spacial score (nSPS) is 11.0. The van der Waals surface area contributed by atoms with Gasteiger partial charge in [0.05, 0.1) is 15.2 Å². The first-order valence-electron chi connectivity index (χ1n) is 6.27. The summed E-state index contributed by atoms with van der Waals surface area (Å²) in [6, 6.07) is 11.1. The first kappa shape index (κ1) is 17.4. The summed E-state index contributed by atoms with van der Waals surface area (Å²) in [5.41, 5.74) is 0.839. The van der Waals surface area contributed by atoms with Gasteiger partial charge in [0, 0.05) is 5.02 Å². The number of anilines is 1. The third-order valence-corrected chi connectivity index (χ3v) is 4.01. The molecule has 0 heterocycles. The highest BCUT2D eigenvalue weighted by Crippen LogP contribution is 2.27. The van der Waals surface area contributed by atoms with Crippen LogP contribution in [0.2, 0.25) is 10.0 Å². The molecule has 2 aromatic rings. The van der Waals surface area contributed by atoms with E-state index in [-0.39, 0.29) is 16.3 Å². The first-order valence-corrected chi connectivity index (χ1v) is 7.82. The van der Waals surface area contributed by atoms with E-state index in [2.05, 4.69) is 21.2 Å². The van der Waals surface area contributed by atoms with Crippen LogP contribution in [-0.2, 0) is 4.79 Å². The van der Waals surface area contributed by atoms with Crippen LogP contribution < -0.4 is 5.32 Å². The molecule has 0 atom stereocenters. The third-order valence-electron chi connectivity index (χ3n) is 2.83. The highest BCUT2D eigenvalue weighted by atomic mass is 79.9. The Kier molecular flexibility index (Phi) is 5.67. The number of nitriles is 1. The Labute approximate surface area is 151 Å². The molecule has 0 spiro atoms. The van der Waals surface area contributed by atoms with Gasteiger partial charge in [-0.25, -0.2) is 0 Å². The lowest BCUT2D eigenvalue weighted by Gasteiger charge is -2.07. The fraction of sp³-hybridized carbons (Fsp3) is 0. The molecule has 0 saturated carbocycles. The summed E-state index contributed by atoms with van der Waals surface area (Å²) in [5.74, 6) is -0.529. The molecule has 0 aromatic heterocycles. The molecule has 23 heavy (non-hydrogen) atoms. The lowest BCUT2D eigenvalue weighted by molar-refractivity contribution is -0.112. The van der Waals surface area contributed by atoms with Gasteiger partial charge < -0.3 is 10.4 Å². The van der Waals surface area contributed by atoms with Crippen molar-refractivity contribution in [2.24, 2.45) is 0 Å². The van der Waals surface area contributed by atoms with Gasteiger partial charge in [0.15, 0.2) is 0 Å². The van der Waals surface area contributed by atoms with Crippen LogP contribution in [0.4, 0.5) is 5.69 Å². The summed E-state index contributed by atoms with van der Waals surface area (Å²) >= 11 is 14.9. The second-order valence-corrected chi connectivity index (χ2v) is 6.16. The Bertz CT molecular complexity index is 844. The van der Waals surface area contributed by atoms with Crippen molar-refractivity contribution in [2.75, 3.05) is 5.32 Å². The van der Waals surface area contributed by atoms with Gasteiger partial charge in [0.1, 0.15) is 17.4 Å². The molecule has 0 aliphatic carbocycles. The maximum Gasteiger partial charge on any atom is 0.266 e. The molecular weight excluding hydrogens is 403 g/mol. The van der Waals surface area contributed by atoms with Crippen molar-refractivity contribution in [3.63, 3.8) is 0 Å². The molecule has 0 saturated heterocycles. The highest BCUT2D eigenvalue weighted by Gasteiger charge is 2.12. The van der Waals surface area contributed by atoms with E-state index in [1.165, 1.54) is 18.2 Å².